The Labute approximate surface area is 102 Å². The molecule has 5 nitrogen and oxygen atoms in total. The van der Waals surface area contributed by atoms with Gasteiger partial charge in [-0.1, -0.05) is 0 Å². The fourth-order valence-electron chi connectivity index (χ4n) is 2.28. The Morgan fingerprint density at radius 1 is 1.65 bits per heavy atom. The van der Waals surface area contributed by atoms with Crippen molar-refractivity contribution >= 4 is 5.91 Å². The first-order valence-corrected chi connectivity index (χ1v) is 6.09. The number of hydrogen-bond donors (Lipinski definition) is 1. The summed E-state index contributed by atoms with van der Waals surface area (Å²) in [6.45, 7) is 6.17. The van der Waals surface area contributed by atoms with Crippen molar-refractivity contribution in [1.82, 2.24) is 20.0 Å². The van der Waals surface area contributed by atoms with Crippen LogP contribution < -0.4 is 5.32 Å². The summed E-state index contributed by atoms with van der Waals surface area (Å²) in [4.78, 5) is 13.9. The van der Waals surface area contributed by atoms with Crippen LogP contribution in [0.25, 0.3) is 0 Å². The van der Waals surface area contributed by atoms with E-state index in [4.69, 9.17) is 0 Å². The van der Waals surface area contributed by atoms with Crippen LogP contribution in [0, 0.1) is 0 Å². The Morgan fingerprint density at radius 3 is 3.06 bits per heavy atom. The number of carbonyl (C=O) groups excluding carboxylic acids is 1. The van der Waals surface area contributed by atoms with Crippen LogP contribution in [0.2, 0.25) is 0 Å². The summed E-state index contributed by atoms with van der Waals surface area (Å²) >= 11 is 0. The smallest absolute Gasteiger partial charge is 0.221 e. The van der Waals surface area contributed by atoms with E-state index in [0.29, 0.717) is 12.5 Å². The van der Waals surface area contributed by atoms with E-state index in [1.54, 1.807) is 7.05 Å². The molecule has 5 heteroatoms. The molecule has 1 aromatic rings. The summed E-state index contributed by atoms with van der Waals surface area (Å²) in [5.41, 5.74) is 1.19. The molecule has 0 saturated carbocycles. The van der Waals surface area contributed by atoms with Crippen LogP contribution in [0.4, 0.5) is 0 Å². The van der Waals surface area contributed by atoms with Crippen LogP contribution >= 0.6 is 0 Å². The highest BCUT2D eigenvalue weighted by Crippen LogP contribution is 2.24. The lowest BCUT2D eigenvalue weighted by Gasteiger charge is -2.36. The molecular formula is C12H20N4O. The van der Waals surface area contributed by atoms with E-state index in [0.717, 1.165) is 13.1 Å². The Morgan fingerprint density at radius 2 is 2.41 bits per heavy atom. The normalized spacial score (nSPS) is 20.4. The van der Waals surface area contributed by atoms with Crippen LogP contribution in [0.1, 0.15) is 32.0 Å². The van der Waals surface area contributed by atoms with Crippen molar-refractivity contribution in [3.63, 3.8) is 0 Å². The molecule has 94 valence electrons. The summed E-state index contributed by atoms with van der Waals surface area (Å²) in [7, 11) is 1.68. The van der Waals surface area contributed by atoms with Gasteiger partial charge in [-0.25, -0.2) is 0 Å². The first-order valence-electron chi connectivity index (χ1n) is 6.09. The third-order valence-corrected chi connectivity index (χ3v) is 3.34. The number of aromatic nitrogens is 2. The zero-order chi connectivity index (χ0) is 12.4. The minimum absolute atomic E-state index is 0.0713. The van der Waals surface area contributed by atoms with Crippen LogP contribution in [-0.4, -0.2) is 40.2 Å². The van der Waals surface area contributed by atoms with Crippen molar-refractivity contribution in [2.45, 2.75) is 38.9 Å². The Kier molecular flexibility index (Phi) is 3.47. The summed E-state index contributed by atoms with van der Waals surface area (Å²) in [5.74, 6) is 0.0713. The second-order valence-electron chi connectivity index (χ2n) is 4.82. The van der Waals surface area contributed by atoms with Crippen molar-refractivity contribution in [3.05, 3.63) is 18.0 Å². The van der Waals surface area contributed by atoms with E-state index in [2.05, 4.69) is 29.2 Å². The number of amides is 1. The zero-order valence-electron chi connectivity index (χ0n) is 10.7. The molecule has 1 aromatic heterocycles. The Bertz CT molecular complexity index is 399. The highest BCUT2D eigenvalue weighted by molar-refractivity contribution is 5.76. The number of carbonyl (C=O) groups is 1. The Hall–Kier alpha value is -1.36. The van der Waals surface area contributed by atoms with Crippen molar-refractivity contribution < 1.29 is 4.79 Å². The first kappa shape index (κ1) is 12.1. The fourth-order valence-corrected chi connectivity index (χ4v) is 2.28. The average Bonchev–Trinajstić information content (AvgIpc) is 2.76. The van der Waals surface area contributed by atoms with Gasteiger partial charge in [-0.2, -0.15) is 5.10 Å². The van der Waals surface area contributed by atoms with Gasteiger partial charge in [0.2, 0.25) is 5.91 Å². The maximum Gasteiger partial charge on any atom is 0.221 e. The van der Waals surface area contributed by atoms with E-state index in [-0.39, 0.29) is 11.9 Å². The number of rotatable bonds is 3. The second kappa shape index (κ2) is 4.87. The molecule has 0 unspecified atom stereocenters. The van der Waals surface area contributed by atoms with Gasteiger partial charge in [0.25, 0.3) is 0 Å². The molecule has 1 amide bonds. The topological polar surface area (TPSA) is 50.2 Å². The third kappa shape index (κ3) is 2.49. The van der Waals surface area contributed by atoms with Gasteiger partial charge in [0, 0.05) is 32.4 Å². The van der Waals surface area contributed by atoms with Gasteiger partial charge in [0.15, 0.2) is 0 Å². The molecule has 0 radical (unpaired) electrons. The molecule has 2 rings (SSSR count). The summed E-state index contributed by atoms with van der Waals surface area (Å²) < 4.78 is 1.99. The zero-order valence-corrected chi connectivity index (χ0v) is 10.7. The van der Waals surface area contributed by atoms with Gasteiger partial charge in [0.1, 0.15) is 0 Å². The molecule has 17 heavy (non-hydrogen) atoms. The number of hydrogen-bond acceptors (Lipinski definition) is 3. The van der Waals surface area contributed by atoms with Crippen LogP contribution in [0.15, 0.2) is 12.3 Å². The van der Waals surface area contributed by atoms with Crippen molar-refractivity contribution in [3.8, 4) is 0 Å². The first-order chi connectivity index (χ1) is 8.11. The number of fused-ring (bicyclic) bond motifs is 1. The molecule has 1 aliphatic rings. The molecule has 0 aliphatic carbocycles. The highest BCUT2D eigenvalue weighted by atomic mass is 16.1. The summed E-state index contributed by atoms with van der Waals surface area (Å²) in [6, 6.07) is 2.67. The molecule has 0 aromatic carbocycles. The number of nitrogens with zero attached hydrogens (tertiary/aromatic N) is 3. The standard InChI is InChI=1S/C12H20N4O/c1-9(2)15-7-10-4-5-14-16(10)11(8-15)6-12(17)13-3/h4-5,9,11H,6-8H2,1-3H3,(H,13,17)/t11-/m1/s1. The molecule has 0 bridgehead atoms. The van der Waals surface area contributed by atoms with Gasteiger partial charge in [-0.3, -0.25) is 14.4 Å². The third-order valence-electron chi connectivity index (χ3n) is 3.34. The molecular weight excluding hydrogens is 216 g/mol. The largest absolute Gasteiger partial charge is 0.359 e. The maximum atomic E-state index is 11.5. The SMILES string of the molecule is CNC(=O)C[C@@H]1CN(C(C)C)Cc2ccnn21. The van der Waals surface area contributed by atoms with Crippen molar-refractivity contribution in [1.29, 1.82) is 0 Å². The van der Waals surface area contributed by atoms with E-state index >= 15 is 0 Å². The predicted octanol–water partition coefficient (Wildman–Crippen LogP) is 0.784. The quantitative estimate of drug-likeness (QED) is 0.844. The molecule has 0 spiro atoms. The van der Waals surface area contributed by atoms with Gasteiger partial charge in [-0.15, -0.1) is 0 Å². The van der Waals surface area contributed by atoms with Gasteiger partial charge in [0.05, 0.1) is 18.2 Å². The molecule has 0 fully saturated rings. The molecule has 2 heterocycles. The van der Waals surface area contributed by atoms with Crippen LogP contribution in [0.3, 0.4) is 0 Å². The van der Waals surface area contributed by atoms with E-state index in [9.17, 15) is 4.79 Å². The van der Waals surface area contributed by atoms with Crippen molar-refractivity contribution in [2.75, 3.05) is 13.6 Å². The minimum atomic E-state index is 0.0713. The van der Waals surface area contributed by atoms with Gasteiger partial charge in [-0.05, 0) is 19.9 Å². The highest BCUT2D eigenvalue weighted by Gasteiger charge is 2.28. The second-order valence-corrected chi connectivity index (χ2v) is 4.82. The molecule has 1 N–H and O–H groups in total. The minimum Gasteiger partial charge on any atom is -0.359 e. The molecule has 1 atom stereocenters. The Balaban J connectivity index is 2.18. The van der Waals surface area contributed by atoms with Crippen molar-refractivity contribution in [2.24, 2.45) is 0 Å². The van der Waals surface area contributed by atoms with Crippen LogP contribution in [0.5, 0.6) is 0 Å². The predicted molar refractivity (Wildman–Crippen MR) is 65.5 cm³/mol. The average molecular weight is 236 g/mol. The maximum absolute atomic E-state index is 11.5. The monoisotopic (exact) mass is 236 g/mol. The lowest BCUT2D eigenvalue weighted by atomic mass is 10.1. The van der Waals surface area contributed by atoms with Gasteiger partial charge >= 0.3 is 0 Å². The van der Waals surface area contributed by atoms with E-state index in [1.807, 2.05) is 16.9 Å². The molecule has 0 saturated heterocycles. The molecule has 1 aliphatic heterocycles. The number of nitrogens with one attached hydrogen (secondary N) is 1. The fraction of sp³-hybridized carbons (Fsp3) is 0.667. The lowest BCUT2D eigenvalue weighted by Crippen LogP contribution is -2.42. The summed E-state index contributed by atoms with van der Waals surface area (Å²) in [6.07, 6.45) is 2.31. The van der Waals surface area contributed by atoms with E-state index < -0.39 is 0 Å². The van der Waals surface area contributed by atoms with Gasteiger partial charge < -0.3 is 5.32 Å². The van der Waals surface area contributed by atoms with Crippen LogP contribution in [-0.2, 0) is 11.3 Å². The van der Waals surface area contributed by atoms with E-state index in [1.165, 1.54) is 5.69 Å². The summed E-state index contributed by atoms with van der Waals surface area (Å²) in [5, 5.41) is 7.01. The lowest BCUT2D eigenvalue weighted by molar-refractivity contribution is -0.121.